The minimum atomic E-state index is -0.316. The fourth-order valence-electron chi connectivity index (χ4n) is 3.30. The Morgan fingerprint density at radius 1 is 1.03 bits per heavy atom. The third kappa shape index (κ3) is 3.59. The Bertz CT molecular complexity index is 1150. The van der Waals surface area contributed by atoms with Crippen molar-refractivity contribution in [2.45, 2.75) is 19.9 Å². The molecule has 0 aliphatic rings. The van der Waals surface area contributed by atoms with E-state index in [2.05, 4.69) is 15.2 Å². The first-order valence-corrected chi connectivity index (χ1v) is 9.48. The highest BCUT2D eigenvalue weighted by molar-refractivity contribution is 5.95. The summed E-state index contributed by atoms with van der Waals surface area (Å²) in [6.45, 7) is 3.80. The second-order valence-corrected chi connectivity index (χ2v) is 7.06. The van der Waals surface area contributed by atoms with Gasteiger partial charge in [0.15, 0.2) is 0 Å². The normalized spacial score (nSPS) is 12.0. The Morgan fingerprint density at radius 2 is 1.70 bits per heavy atom. The average Bonchev–Trinajstić information content (AvgIpc) is 3.43. The van der Waals surface area contributed by atoms with E-state index in [0.717, 1.165) is 11.3 Å². The molecule has 152 valence electrons. The van der Waals surface area contributed by atoms with E-state index in [-0.39, 0.29) is 17.8 Å². The van der Waals surface area contributed by atoms with Gasteiger partial charge in [-0.15, -0.1) is 0 Å². The molecule has 7 nitrogen and oxygen atoms in total. The maximum atomic E-state index is 13.2. The van der Waals surface area contributed by atoms with Gasteiger partial charge in [-0.25, -0.2) is 18.7 Å². The minimum Gasteiger partial charge on any atom is -0.335 e. The van der Waals surface area contributed by atoms with Crippen LogP contribution in [0.2, 0.25) is 0 Å². The van der Waals surface area contributed by atoms with Crippen molar-refractivity contribution < 1.29 is 9.18 Å². The van der Waals surface area contributed by atoms with Gasteiger partial charge in [-0.3, -0.25) is 4.79 Å². The molecule has 0 aliphatic heterocycles. The molecular formula is C22H21FN6O. The lowest BCUT2D eigenvalue weighted by Crippen LogP contribution is -2.30. The number of hydrogen-bond donors (Lipinski definition) is 0. The van der Waals surface area contributed by atoms with Gasteiger partial charge >= 0.3 is 0 Å². The van der Waals surface area contributed by atoms with E-state index in [0.29, 0.717) is 16.9 Å². The summed E-state index contributed by atoms with van der Waals surface area (Å²) in [4.78, 5) is 18.8. The van der Waals surface area contributed by atoms with Crippen molar-refractivity contribution in [3.63, 3.8) is 0 Å². The maximum absolute atomic E-state index is 13.2. The van der Waals surface area contributed by atoms with E-state index in [1.54, 1.807) is 46.0 Å². The molecular weight excluding hydrogens is 383 g/mol. The third-order valence-corrected chi connectivity index (χ3v) is 5.27. The van der Waals surface area contributed by atoms with E-state index in [9.17, 15) is 9.18 Å². The molecule has 8 heteroatoms. The number of hydrogen-bond acceptors (Lipinski definition) is 4. The van der Waals surface area contributed by atoms with Crippen LogP contribution in [-0.2, 0) is 0 Å². The van der Waals surface area contributed by atoms with Crippen LogP contribution in [-0.4, -0.2) is 42.4 Å². The van der Waals surface area contributed by atoms with Crippen LogP contribution in [0.5, 0.6) is 0 Å². The first kappa shape index (κ1) is 19.5. The van der Waals surface area contributed by atoms with Crippen LogP contribution in [0.1, 0.15) is 34.6 Å². The highest BCUT2D eigenvalue weighted by Gasteiger charge is 2.23. The van der Waals surface area contributed by atoms with Crippen molar-refractivity contribution in [2.24, 2.45) is 0 Å². The summed E-state index contributed by atoms with van der Waals surface area (Å²) in [7, 11) is 1.77. The number of carbonyl (C=O) groups is 1. The zero-order chi connectivity index (χ0) is 21.3. The van der Waals surface area contributed by atoms with E-state index >= 15 is 0 Å². The molecule has 4 rings (SSSR count). The molecule has 0 spiro atoms. The SMILES string of the molecule is Cc1c(C(=O)N(C)[C@H](C)c2ccc(-n3cncn3)cc2)cnn1-c1ccc(F)cc1. The molecule has 0 aliphatic carbocycles. The molecule has 0 saturated heterocycles. The van der Waals surface area contributed by atoms with Gasteiger partial charge in [0.2, 0.25) is 0 Å². The molecule has 1 atom stereocenters. The van der Waals surface area contributed by atoms with Crippen LogP contribution in [0.25, 0.3) is 11.4 Å². The van der Waals surface area contributed by atoms with Crippen molar-refractivity contribution in [1.29, 1.82) is 0 Å². The lowest BCUT2D eigenvalue weighted by atomic mass is 10.1. The van der Waals surface area contributed by atoms with Crippen molar-refractivity contribution in [3.8, 4) is 11.4 Å². The van der Waals surface area contributed by atoms with Gasteiger partial charge in [0.25, 0.3) is 5.91 Å². The summed E-state index contributed by atoms with van der Waals surface area (Å²) >= 11 is 0. The monoisotopic (exact) mass is 404 g/mol. The summed E-state index contributed by atoms with van der Waals surface area (Å²) in [6.07, 6.45) is 4.67. The molecule has 0 N–H and O–H groups in total. The van der Waals surface area contributed by atoms with Crippen molar-refractivity contribution >= 4 is 5.91 Å². The molecule has 0 radical (unpaired) electrons. The van der Waals surface area contributed by atoms with E-state index in [1.165, 1.54) is 18.5 Å². The van der Waals surface area contributed by atoms with Crippen LogP contribution >= 0.6 is 0 Å². The van der Waals surface area contributed by atoms with Crippen molar-refractivity contribution in [3.05, 3.63) is 90.0 Å². The van der Waals surface area contributed by atoms with E-state index < -0.39 is 0 Å². The van der Waals surface area contributed by atoms with Crippen LogP contribution < -0.4 is 0 Å². The summed E-state index contributed by atoms with van der Waals surface area (Å²) in [6, 6.07) is 13.7. The van der Waals surface area contributed by atoms with Gasteiger partial charge in [0, 0.05) is 7.05 Å². The molecule has 2 aromatic carbocycles. The lowest BCUT2D eigenvalue weighted by molar-refractivity contribution is 0.0742. The molecule has 2 aromatic heterocycles. The quantitative estimate of drug-likeness (QED) is 0.508. The largest absolute Gasteiger partial charge is 0.335 e. The van der Waals surface area contributed by atoms with Gasteiger partial charge in [-0.1, -0.05) is 12.1 Å². The average molecular weight is 404 g/mol. The Morgan fingerprint density at radius 3 is 2.33 bits per heavy atom. The summed E-state index contributed by atoms with van der Waals surface area (Å²) in [5.41, 5.74) is 3.81. The second-order valence-electron chi connectivity index (χ2n) is 7.06. The first-order valence-electron chi connectivity index (χ1n) is 9.48. The Hall–Kier alpha value is -3.81. The second kappa shape index (κ2) is 7.90. The third-order valence-electron chi connectivity index (χ3n) is 5.27. The first-order chi connectivity index (χ1) is 14.5. The maximum Gasteiger partial charge on any atom is 0.257 e. The van der Waals surface area contributed by atoms with Gasteiger partial charge in [0.05, 0.1) is 34.9 Å². The number of halogens is 1. The van der Waals surface area contributed by atoms with Crippen molar-refractivity contribution in [1.82, 2.24) is 29.4 Å². The fourth-order valence-corrected chi connectivity index (χ4v) is 3.30. The topological polar surface area (TPSA) is 68.8 Å². The molecule has 0 bridgehead atoms. The van der Waals surface area contributed by atoms with Gasteiger partial charge in [-0.2, -0.15) is 10.2 Å². The predicted molar refractivity (Wildman–Crippen MR) is 110 cm³/mol. The number of carbonyl (C=O) groups excluding carboxylic acids is 1. The van der Waals surface area contributed by atoms with Crippen LogP contribution in [0.4, 0.5) is 4.39 Å². The predicted octanol–water partition coefficient (Wildman–Crippen LogP) is 3.73. The van der Waals surface area contributed by atoms with Crippen LogP contribution in [0.15, 0.2) is 67.4 Å². The zero-order valence-corrected chi connectivity index (χ0v) is 16.9. The molecule has 0 unspecified atom stereocenters. The molecule has 30 heavy (non-hydrogen) atoms. The Labute approximate surface area is 173 Å². The van der Waals surface area contributed by atoms with Crippen LogP contribution in [0, 0.1) is 12.7 Å². The lowest BCUT2D eigenvalue weighted by Gasteiger charge is -2.25. The Balaban J connectivity index is 1.54. The van der Waals surface area contributed by atoms with Gasteiger partial charge in [0.1, 0.15) is 18.5 Å². The zero-order valence-electron chi connectivity index (χ0n) is 16.9. The fraction of sp³-hybridized carbons (Fsp3) is 0.182. The van der Waals surface area contributed by atoms with Gasteiger partial charge < -0.3 is 4.90 Å². The highest BCUT2D eigenvalue weighted by atomic mass is 19.1. The van der Waals surface area contributed by atoms with Crippen LogP contribution in [0.3, 0.4) is 0 Å². The summed E-state index contributed by atoms with van der Waals surface area (Å²) in [5, 5.41) is 8.44. The smallest absolute Gasteiger partial charge is 0.257 e. The molecule has 4 aromatic rings. The minimum absolute atomic E-state index is 0.131. The number of amides is 1. The Kier molecular flexibility index (Phi) is 5.14. The van der Waals surface area contributed by atoms with E-state index in [1.807, 2.05) is 38.1 Å². The standard InChI is InChI=1S/C22H21FN6O/c1-15(17-4-8-19(9-5-17)28-14-24-13-26-28)27(3)22(30)21-12-25-29(16(21)2)20-10-6-18(23)7-11-20/h4-15H,1-3H3/t15-/m1/s1. The number of benzene rings is 2. The molecule has 0 saturated carbocycles. The molecule has 2 heterocycles. The number of rotatable bonds is 5. The highest BCUT2D eigenvalue weighted by Crippen LogP contribution is 2.24. The molecule has 0 fully saturated rings. The summed E-state index contributed by atoms with van der Waals surface area (Å²) < 4.78 is 16.5. The molecule has 1 amide bonds. The summed E-state index contributed by atoms with van der Waals surface area (Å²) in [5.74, 6) is -0.447. The van der Waals surface area contributed by atoms with E-state index in [4.69, 9.17) is 0 Å². The van der Waals surface area contributed by atoms with Gasteiger partial charge in [-0.05, 0) is 55.8 Å². The van der Waals surface area contributed by atoms with Crippen molar-refractivity contribution in [2.75, 3.05) is 7.05 Å². The number of aromatic nitrogens is 5. The number of nitrogens with zero attached hydrogens (tertiary/aromatic N) is 6.